The molecule has 20 heavy (non-hydrogen) atoms. The summed E-state index contributed by atoms with van der Waals surface area (Å²) in [6, 6.07) is 8.90. The van der Waals surface area contributed by atoms with Gasteiger partial charge in [-0.3, -0.25) is 4.90 Å². The molecule has 2 aliphatic heterocycles. The first-order chi connectivity index (χ1) is 9.78. The molecule has 2 aliphatic rings. The van der Waals surface area contributed by atoms with Gasteiger partial charge in [-0.25, -0.2) is 0 Å². The van der Waals surface area contributed by atoms with Gasteiger partial charge >= 0.3 is 0 Å². The Hall–Kier alpha value is -0.420. The molecule has 2 fully saturated rings. The first-order valence-electron chi connectivity index (χ1n) is 7.26. The number of piperazine rings is 1. The topological polar surface area (TPSA) is 18.5 Å². The molecular formula is C15H22ClN3S. The van der Waals surface area contributed by atoms with Gasteiger partial charge in [0.1, 0.15) is 0 Å². The van der Waals surface area contributed by atoms with E-state index in [1.165, 1.54) is 5.69 Å². The monoisotopic (exact) mass is 311 g/mol. The van der Waals surface area contributed by atoms with Crippen LogP contribution >= 0.6 is 23.4 Å². The Morgan fingerprint density at radius 1 is 1.20 bits per heavy atom. The SMILES string of the molecule is CSC1CNCC1N1CCN(c2cccc(Cl)c2)CC1. The molecule has 2 unspecified atom stereocenters. The second-order valence-electron chi connectivity index (χ2n) is 5.50. The zero-order valence-electron chi connectivity index (χ0n) is 11.9. The van der Waals surface area contributed by atoms with Gasteiger partial charge in [-0.1, -0.05) is 17.7 Å². The maximum absolute atomic E-state index is 6.09. The maximum atomic E-state index is 6.09. The Labute approximate surface area is 130 Å². The minimum absolute atomic E-state index is 0.700. The summed E-state index contributed by atoms with van der Waals surface area (Å²) in [7, 11) is 0. The molecule has 0 aliphatic carbocycles. The van der Waals surface area contributed by atoms with Crippen LogP contribution in [0, 0.1) is 0 Å². The number of thioether (sulfide) groups is 1. The van der Waals surface area contributed by atoms with E-state index < -0.39 is 0 Å². The van der Waals surface area contributed by atoms with Crippen molar-refractivity contribution < 1.29 is 0 Å². The van der Waals surface area contributed by atoms with E-state index in [4.69, 9.17) is 11.6 Å². The van der Waals surface area contributed by atoms with Crippen molar-refractivity contribution in [2.24, 2.45) is 0 Å². The van der Waals surface area contributed by atoms with Crippen molar-refractivity contribution in [3.63, 3.8) is 0 Å². The number of nitrogens with zero attached hydrogens (tertiary/aromatic N) is 2. The van der Waals surface area contributed by atoms with E-state index in [9.17, 15) is 0 Å². The minimum atomic E-state index is 0.700. The number of nitrogens with one attached hydrogen (secondary N) is 1. The molecule has 5 heteroatoms. The number of benzene rings is 1. The standard InChI is InChI=1S/C15H22ClN3S/c1-20-15-11-17-10-14(15)19-7-5-18(6-8-19)13-4-2-3-12(16)9-13/h2-4,9,14-15,17H,5-8,10-11H2,1H3. The van der Waals surface area contributed by atoms with Gasteiger partial charge in [0.15, 0.2) is 0 Å². The van der Waals surface area contributed by atoms with Crippen LogP contribution in [-0.2, 0) is 0 Å². The van der Waals surface area contributed by atoms with Crippen molar-refractivity contribution in [3.05, 3.63) is 29.3 Å². The number of hydrogen-bond acceptors (Lipinski definition) is 4. The van der Waals surface area contributed by atoms with Crippen molar-refractivity contribution >= 4 is 29.1 Å². The van der Waals surface area contributed by atoms with E-state index in [1.54, 1.807) is 0 Å². The smallest absolute Gasteiger partial charge is 0.0426 e. The third-order valence-corrected chi connectivity index (χ3v) is 5.71. The van der Waals surface area contributed by atoms with E-state index in [0.29, 0.717) is 6.04 Å². The Morgan fingerprint density at radius 2 is 2.00 bits per heavy atom. The fourth-order valence-corrected chi connectivity index (χ4v) is 4.28. The molecule has 1 aromatic rings. The van der Waals surface area contributed by atoms with Crippen molar-refractivity contribution in [1.82, 2.24) is 10.2 Å². The molecule has 0 saturated carbocycles. The first kappa shape index (κ1) is 14.5. The van der Waals surface area contributed by atoms with Crippen LogP contribution in [0.5, 0.6) is 0 Å². The van der Waals surface area contributed by atoms with Crippen LogP contribution in [0.25, 0.3) is 0 Å². The van der Waals surface area contributed by atoms with Gasteiger partial charge in [0.2, 0.25) is 0 Å². The Morgan fingerprint density at radius 3 is 2.70 bits per heavy atom. The third-order valence-electron chi connectivity index (χ3n) is 4.39. The van der Waals surface area contributed by atoms with Gasteiger partial charge in [0, 0.05) is 61.3 Å². The van der Waals surface area contributed by atoms with Crippen molar-refractivity contribution in [3.8, 4) is 0 Å². The van der Waals surface area contributed by atoms with Crippen LogP contribution in [0.4, 0.5) is 5.69 Å². The van der Waals surface area contributed by atoms with Gasteiger partial charge in [0.25, 0.3) is 0 Å². The average Bonchev–Trinajstić information content (AvgIpc) is 2.96. The lowest BCUT2D eigenvalue weighted by Gasteiger charge is -2.40. The lowest BCUT2D eigenvalue weighted by Crippen LogP contribution is -2.53. The third kappa shape index (κ3) is 3.08. The van der Waals surface area contributed by atoms with Gasteiger partial charge in [-0.2, -0.15) is 11.8 Å². The summed E-state index contributed by atoms with van der Waals surface area (Å²) >= 11 is 8.08. The molecule has 0 bridgehead atoms. The van der Waals surface area contributed by atoms with Crippen LogP contribution in [-0.4, -0.2) is 61.7 Å². The van der Waals surface area contributed by atoms with Crippen LogP contribution in [0.1, 0.15) is 0 Å². The van der Waals surface area contributed by atoms with E-state index in [0.717, 1.165) is 49.5 Å². The summed E-state index contributed by atoms with van der Waals surface area (Å²) in [6.07, 6.45) is 2.23. The van der Waals surface area contributed by atoms with E-state index in [2.05, 4.69) is 33.5 Å². The molecule has 110 valence electrons. The highest BCUT2D eigenvalue weighted by Crippen LogP contribution is 2.24. The normalized spacial score (nSPS) is 28.0. The molecular weight excluding hydrogens is 290 g/mol. The molecule has 2 heterocycles. The lowest BCUT2D eigenvalue weighted by molar-refractivity contribution is 0.200. The molecule has 0 aromatic heterocycles. The van der Waals surface area contributed by atoms with E-state index >= 15 is 0 Å². The maximum Gasteiger partial charge on any atom is 0.0426 e. The summed E-state index contributed by atoms with van der Waals surface area (Å²) in [5.41, 5.74) is 1.25. The van der Waals surface area contributed by atoms with Crippen LogP contribution in [0.3, 0.4) is 0 Å². The number of anilines is 1. The Kier molecular flexibility index (Phi) is 4.76. The fraction of sp³-hybridized carbons (Fsp3) is 0.600. The molecule has 2 saturated heterocycles. The molecule has 1 aromatic carbocycles. The molecule has 1 N–H and O–H groups in total. The molecule has 3 rings (SSSR count). The van der Waals surface area contributed by atoms with Crippen molar-refractivity contribution in [2.45, 2.75) is 11.3 Å². The zero-order valence-corrected chi connectivity index (χ0v) is 13.5. The molecule has 2 atom stereocenters. The predicted octanol–water partition coefficient (Wildman–Crippen LogP) is 2.17. The molecule has 0 radical (unpaired) electrons. The fourth-order valence-electron chi connectivity index (χ4n) is 3.23. The first-order valence-corrected chi connectivity index (χ1v) is 8.92. The highest BCUT2D eigenvalue weighted by molar-refractivity contribution is 7.99. The predicted molar refractivity (Wildman–Crippen MR) is 89.2 cm³/mol. The van der Waals surface area contributed by atoms with Crippen molar-refractivity contribution in [2.75, 3.05) is 50.4 Å². The highest BCUT2D eigenvalue weighted by Gasteiger charge is 2.33. The van der Waals surface area contributed by atoms with Gasteiger partial charge < -0.3 is 10.2 Å². The average molecular weight is 312 g/mol. The van der Waals surface area contributed by atoms with Gasteiger partial charge in [0.05, 0.1) is 0 Å². The molecule has 0 amide bonds. The summed E-state index contributed by atoms with van der Waals surface area (Å²) in [4.78, 5) is 5.10. The number of hydrogen-bond donors (Lipinski definition) is 1. The van der Waals surface area contributed by atoms with Crippen LogP contribution in [0.2, 0.25) is 5.02 Å². The second kappa shape index (κ2) is 6.56. The van der Waals surface area contributed by atoms with E-state index in [-0.39, 0.29) is 0 Å². The van der Waals surface area contributed by atoms with Crippen LogP contribution < -0.4 is 10.2 Å². The zero-order chi connectivity index (χ0) is 13.9. The number of halogens is 1. The largest absolute Gasteiger partial charge is 0.369 e. The summed E-state index contributed by atoms with van der Waals surface area (Å²) in [5.74, 6) is 0. The summed E-state index contributed by atoms with van der Waals surface area (Å²) in [6.45, 7) is 6.78. The van der Waals surface area contributed by atoms with Crippen molar-refractivity contribution in [1.29, 1.82) is 0 Å². The molecule has 0 spiro atoms. The Bertz CT molecular complexity index is 448. The van der Waals surface area contributed by atoms with Crippen LogP contribution in [0.15, 0.2) is 24.3 Å². The summed E-state index contributed by atoms with van der Waals surface area (Å²) in [5, 5.41) is 5.10. The second-order valence-corrected chi connectivity index (χ2v) is 7.02. The quantitative estimate of drug-likeness (QED) is 0.922. The van der Waals surface area contributed by atoms with Gasteiger partial charge in [-0.05, 0) is 24.5 Å². The molecule has 3 nitrogen and oxygen atoms in total. The number of rotatable bonds is 3. The Balaban J connectivity index is 1.59. The lowest BCUT2D eigenvalue weighted by atomic mass is 10.1. The summed E-state index contributed by atoms with van der Waals surface area (Å²) < 4.78 is 0. The van der Waals surface area contributed by atoms with Gasteiger partial charge in [-0.15, -0.1) is 0 Å². The van der Waals surface area contributed by atoms with E-state index in [1.807, 2.05) is 23.9 Å². The highest BCUT2D eigenvalue weighted by atomic mass is 35.5. The minimum Gasteiger partial charge on any atom is -0.369 e.